The van der Waals surface area contributed by atoms with Gasteiger partial charge in [0.25, 0.3) is 11.5 Å². The largest absolute Gasteiger partial charge is 0.352 e. The van der Waals surface area contributed by atoms with E-state index in [2.05, 4.69) is 15.3 Å². The third-order valence-electron chi connectivity index (χ3n) is 3.45. The lowest BCUT2D eigenvalue weighted by Crippen LogP contribution is -2.27. The third-order valence-corrected chi connectivity index (χ3v) is 3.45. The number of hydrogen-bond donors (Lipinski definition) is 2. The van der Waals surface area contributed by atoms with Gasteiger partial charge in [-0.2, -0.15) is 0 Å². The minimum atomic E-state index is -0.167. The molecule has 0 atom stereocenters. The van der Waals surface area contributed by atoms with Crippen molar-refractivity contribution in [2.24, 2.45) is 0 Å². The van der Waals surface area contributed by atoms with E-state index in [1.54, 1.807) is 24.5 Å². The number of pyridine rings is 2. The van der Waals surface area contributed by atoms with Gasteiger partial charge in [-0.05, 0) is 36.1 Å². The van der Waals surface area contributed by atoms with Crippen LogP contribution >= 0.6 is 0 Å². The summed E-state index contributed by atoms with van der Waals surface area (Å²) in [5.41, 5.74) is 1.92. The Morgan fingerprint density at radius 3 is 2.73 bits per heavy atom. The van der Waals surface area contributed by atoms with E-state index in [0.29, 0.717) is 24.1 Å². The van der Waals surface area contributed by atoms with Crippen LogP contribution in [-0.4, -0.2) is 22.4 Å². The number of aromatic amines is 1. The molecule has 1 aromatic carbocycles. The van der Waals surface area contributed by atoms with Crippen LogP contribution in [0.5, 0.6) is 0 Å². The first-order chi connectivity index (χ1) is 10.7. The minimum Gasteiger partial charge on any atom is -0.352 e. The van der Waals surface area contributed by atoms with Gasteiger partial charge in [0.1, 0.15) is 0 Å². The van der Waals surface area contributed by atoms with E-state index in [1.165, 1.54) is 0 Å². The summed E-state index contributed by atoms with van der Waals surface area (Å²) in [7, 11) is 0. The molecular weight excluding hydrogens is 278 g/mol. The second-order valence-electron chi connectivity index (χ2n) is 4.95. The van der Waals surface area contributed by atoms with Gasteiger partial charge in [-0.25, -0.2) is 0 Å². The lowest BCUT2D eigenvalue weighted by atomic mass is 10.1. The molecule has 0 aliphatic carbocycles. The summed E-state index contributed by atoms with van der Waals surface area (Å²) in [6.45, 7) is 0.405. The molecule has 0 bridgehead atoms. The van der Waals surface area contributed by atoms with Crippen molar-refractivity contribution in [1.82, 2.24) is 15.3 Å². The van der Waals surface area contributed by atoms with Crippen LogP contribution in [0, 0.1) is 0 Å². The van der Waals surface area contributed by atoms with E-state index in [4.69, 9.17) is 0 Å². The quantitative estimate of drug-likeness (QED) is 0.771. The number of aromatic nitrogens is 2. The summed E-state index contributed by atoms with van der Waals surface area (Å²) in [5.74, 6) is -0.167. The fourth-order valence-electron chi connectivity index (χ4n) is 2.29. The molecule has 0 aliphatic rings. The molecule has 0 fully saturated rings. The average molecular weight is 293 g/mol. The molecule has 110 valence electrons. The normalized spacial score (nSPS) is 10.5. The Balaban J connectivity index is 1.68. The van der Waals surface area contributed by atoms with Crippen molar-refractivity contribution in [3.05, 3.63) is 76.3 Å². The van der Waals surface area contributed by atoms with E-state index in [0.717, 1.165) is 10.9 Å². The molecule has 0 radical (unpaired) electrons. The van der Waals surface area contributed by atoms with Crippen molar-refractivity contribution in [2.45, 2.75) is 6.42 Å². The van der Waals surface area contributed by atoms with Crippen LogP contribution < -0.4 is 10.9 Å². The predicted octanol–water partition coefficient (Wildman–Crippen LogP) is 1.90. The number of carbonyl (C=O) groups is 1. The molecule has 0 aliphatic heterocycles. The number of rotatable bonds is 4. The molecule has 0 spiro atoms. The molecule has 2 aromatic heterocycles. The SMILES string of the molecule is O=C(NCCc1cc2ccccc2[nH]c1=O)c1ccncc1. The first-order valence-corrected chi connectivity index (χ1v) is 7.03. The summed E-state index contributed by atoms with van der Waals surface area (Å²) < 4.78 is 0. The number of nitrogens with one attached hydrogen (secondary N) is 2. The molecular formula is C17H15N3O2. The Bertz CT molecular complexity index is 856. The molecule has 1 amide bonds. The second-order valence-corrected chi connectivity index (χ2v) is 4.95. The van der Waals surface area contributed by atoms with Crippen molar-refractivity contribution in [3.8, 4) is 0 Å². The maximum Gasteiger partial charge on any atom is 0.251 e. The number of carbonyl (C=O) groups excluding carboxylic acids is 1. The van der Waals surface area contributed by atoms with Crippen LogP contribution in [-0.2, 0) is 6.42 Å². The van der Waals surface area contributed by atoms with Crippen molar-refractivity contribution < 1.29 is 4.79 Å². The minimum absolute atomic E-state index is 0.114. The molecule has 22 heavy (non-hydrogen) atoms. The summed E-state index contributed by atoms with van der Waals surface area (Å²) >= 11 is 0. The number of benzene rings is 1. The zero-order valence-electron chi connectivity index (χ0n) is 11.9. The van der Waals surface area contributed by atoms with E-state index < -0.39 is 0 Å². The second kappa shape index (κ2) is 6.22. The van der Waals surface area contributed by atoms with E-state index in [1.807, 2.05) is 30.3 Å². The summed E-state index contributed by atoms with van der Waals surface area (Å²) in [6, 6.07) is 12.8. The van der Waals surface area contributed by atoms with Crippen LogP contribution in [0.25, 0.3) is 10.9 Å². The molecule has 3 rings (SSSR count). The molecule has 0 saturated carbocycles. The number of nitrogens with zero attached hydrogens (tertiary/aromatic N) is 1. The topological polar surface area (TPSA) is 74.8 Å². The molecule has 5 nitrogen and oxygen atoms in total. The lowest BCUT2D eigenvalue weighted by Gasteiger charge is -2.06. The number of hydrogen-bond acceptors (Lipinski definition) is 3. The van der Waals surface area contributed by atoms with Gasteiger partial charge in [0.2, 0.25) is 0 Å². The fourth-order valence-corrected chi connectivity index (χ4v) is 2.29. The maximum absolute atomic E-state index is 12.0. The monoisotopic (exact) mass is 293 g/mol. The Morgan fingerprint density at radius 1 is 1.14 bits per heavy atom. The average Bonchev–Trinajstić information content (AvgIpc) is 2.56. The fraction of sp³-hybridized carbons (Fsp3) is 0.118. The van der Waals surface area contributed by atoms with Gasteiger partial charge >= 0.3 is 0 Å². The van der Waals surface area contributed by atoms with E-state index in [-0.39, 0.29) is 11.5 Å². The first-order valence-electron chi connectivity index (χ1n) is 7.03. The highest BCUT2D eigenvalue weighted by molar-refractivity contribution is 5.93. The van der Waals surface area contributed by atoms with E-state index >= 15 is 0 Å². The van der Waals surface area contributed by atoms with Crippen molar-refractivity contribution >= 4 is 16.8 Å². The molecule has 2 N–H and O–H groups in total. The van der Waals surface area contributed by atoms with Gasteiger partial charge in [-0.3, -0.25) is 14.6 Å². The summed E-state index contributed by atoms with van der Waals surface area (Å²) in [6.07, 6.45) is 3.63. The van der Waals surface area contributed by atoms with Gasteiger partial charge in [0.15, 0.2) is 0 Å². The molecule has 3 aromatic rings. The number of fused-ring (bicyclic) bond motifs is 1. The smallest absolute Gasteiger partial charge is 0.251 e. The highest BCUT2D eigenvalue weighted by atomic mass is 16.1. The lowest BCUT2D eigenvalue weighted by molar-refractivity contribution is 0.0954. The molecule has 0 unspecified atom stereocenters. The number of amides is 1. The standard InChI is InChI=1S/C17H15N3O2/c21-16(12-5-8-18-9-6-12)19-10-7-14-11-13-3-1-2-4-15(13)20-17(14)22/h1-6,8-9,11H,7,10H2,(H,19,21)(H,20,22). The Labute approximate surface area is 127 Å². The van der Waals surface area contributed by atoms with E-state index in [9.17, 15) is 9.59 Å². The highest BCUT2D eigenvalue weighted by Gasteiger charge is 2.06. The Morgan fingerprint density at radius 2 is 1.91 bits per heavy atom. The van der Waals surface area contributed by atoms with Crippen LogP contribution in [0.4, 0.5) is 0 Å². The van der Waals surface area contributed by atoms with Crippen LogP contribution in [0.1, 0.15) is 15.9 Å². The molecule has 0 saturated heterocycles. The summed E-state index contributed by atoms with van der Waals surface area (Å²) in [5, 5.41) is 3.79. The zero-order valence-corrected chi connectivity index (χ0v) is 11.9. The van der Waals surface area contributed by atoms with Gasteiger partial charge in [-0.15, -0.1) is 0 Å². The third kappa shape index (κ3) is 3.03. The van der Waals surface area contributed by atoms with Crippen molar-refractivity contribution in [3.63, 3.8) is 0 Å². The molecule has 2 heterocycles. The molecule has 5 heteroatoms. The number of H-pyrrole nitrogens is 1. The van der Waals surface area contributed by atoms with Gasteiger partial charge in [-0.1, -0.05) is 18.2 Å². The maximum atomic E-state index is 12.0. The van der Waals surface area contributed by atoms with Crippen LogP contribution in [0.3, 0.4) is 0 Å². The Hall–Kier alpha value is -2.95. The Kier molecular flexibility index (Phi) is 3.96. The van der Waals surface area contributed by atoms with Crippen LogP contribution in [0.15, 0.2) is 59.7 Å². The van der Waals surface area contributed by atoms with Gasteiger partial charge in [0.05, 0.1) is 0 Å². The first kappa shape index (κ1) is 14.0. The summed E-state index contributed by atoms with van der Waals surface area (Å²) in [4.78, 5) is 30.6. The van der Waals surface area contributed by atoms with Crippen molar-refractivity contribution in [1.29, 1.82) is 0 Å². The van der Waals surface area contributed by atoms with Crippen molar-refractivity contribution in [2.75, 3.05) is 6.54 Å². The number of para-hydroxylation sites is 1. The van der Waals surface area contributed by atoms with Gasteiger partial charge < -0.3 is 10.3 Å². The highest BCUT2D eigenvalue weighted by Crippen LogP contribution is 2.10. The van der Waals surface area contributed by atoms with Crippen LogP contribution in [0.2, 0.25) is 0 Å². The zero-order chi connectivity index (χ0) is 15.4. The predicted molar refractivity (Wildman–Crippen MR) is 84.8 cm³/mol. The van der Waals surface area contributed by atoms with Gasteiger partial charge in [0, 0.05) is 35.6 Å².